The molecule has 5 fully saturated rings. The lowest BCUT2D eigenvalue weighted by molar-refractivity contribution is -0.128. The van der Waals surface area contributed by atoms with Gasteiger partial charge in [-0.2, -0.15) is 8.42 Å². The fraction of sp³-hybridized carbons (Fsp3) is 0.567. The molecule has 2 aromatic carbocycles. The van der Waals surface area contributed by atoms with Gasteiger partial charge in [0.15, 0.2) is 0 Å². The first-order valence-corrected chi connectivity index (χ1v) is 15.2. The zero-order valence-electron chi connectivity index (χ0n) is 21.9. The Morgan fingerprint density at radius 3 is 1.92 bits per heavy atom. The first-order valence-electron chi connectivity index (χ1n) is 13.6. The molecule has 3 saturated heterocycles. The Labute approximate surface area is 221 Å². The van der Waals surface area contributed by atoms with Crippen molar-refractivity contribution in [3.8, 4) is 0 Å². The largest absolute Gasteiger partial charge is 0.326 e. The molecule has 0 radical (unpaired) electrons. The van der Waals surface area contributed by atoms with Gasteiger partial charge in [0.05, 0.1) is 11.2 Å². The Kier molecular flexibility index (Phi) is 7.11. The maximum atomic E-state index is 11.9. The van der Waals surface area contributed by atoms with Crippen molar-refractivity contribution >= 4 is 15.9 Å². The molecule has 5 aliphatic rings. The summed E-state index contributed by atoms with van der Waals surface area (Å²) in [6.07, 6.45) is 4.52. The van der Waals surface area contributed by atoms with Crippen LogP contribution in [0.5, 0.6) is 0 Å². The molecule has 200 valence electrons. The molecule has 2 aromatic rings. The third-order valence-corrected chi connectivity index (χ3v) is 11.0. The predicted octanol–water partition coefficient (Wildman–Crippen LogP) is 4.51. The van der Waals surface area contributed by atoms with Crippen molar-refractivity contribution in [2.24, 2.45) is 28.4 Å². The van der Waals surface area contributed by atoms with Crippen molar-refractivity contribution in [3.05, 3.63) is 71.8 Å². The molecule has 1 unspecified atom stereocenters. The van der Waals surface area contributed by atoms with Gasteiger partial charge in [-0.05, 0) is 67.2 Å². The lowest BCUT2D eigenvalue weighted by Crippen LogP contribution is -2.63. The van der Waals surface area contributed by atoms with Gasteiger partial charge in [-0.15, -0.1) is 0 Å². The number of benzene rings is 2. The molecule has 3 aliphatic heterocycles. The maximum Gasteiger partial charge on any atom is 0.265 e. The number of fused-ring (bicyclic) bond motifs is 5. The smallest absolute Gasteiger partial charge is 0.265 e. The summed E-state index contributed by atoms with van der Waals surface area (Å²) in [4.78, 5) is 14.5. The molecule has 2 saturated carbocycles. The molecule has 2 aliphatic carbocycles. The Morgan fingerprint density at radius 1 is 0.973 bits per heavy atom. The van der Waals surface area contributed by atoms with Crippen LogP contribution in [0.25, 0.3) is 0 Å². The van der Waals surface area contributed by atoms with Crippen LogP contribution in [0.3, 0.4) is 0 Å². The molecule has 6 nitrogen and oxygen atoms in total. The number of nitrogens with zero attached hydrogens (tertiary/aromatic N) is 1. The monoisotopic (exact) mass is 524 g/mol. The Morgan fingerprint density at radius 2 is 1.51 bits per heavy atom. The van der Waals surface area contributed by atoms with Crippen LogP contribution in [0, 0.1) is 22.7 Å². The summed E-state index contributed by atoms with van der Waals surface area (Å²) in [5.74, 6) is 0.973. The van der Waals surface area contributed by atoms with E-state index in [9.17, 15) is 13.2 Å². The Balaban J connectivity index is 0.000000164. The van der Waals surface area contributed by atoms with Crippen LogP contribution in [0.15, 0.2) is 60.7 Å². The van der Waals surface area contributed by atoms with E-state index in [0.29, 0.717) is 30.7 Å². The first kappa shape index (κ1) is 26.5. The van der Waals surface area contributed by atoms with Crippen LogP contribution in [-0.4, -0.2) is 54.6 Å². The average Bonchev–Trinajstić information content (AvgIpc) is 3.21. The van der Waals surface area contributed by atoms with Crippen LogP contribution >= 0.6 is 0 Å². The SMILES string of the molecule is CC1(C)C2CC[C@]1(CS(=O)(=O)O)C(=O)C2.N[C@H]1C2CCN(CC2)[C@H]1C(c1ccccc1)c1ccccc1. The highest BCUT2D eigenvalue weighted by molar-refractivity contribution is 7.85. The molecule has 3 heterocycles. The third kappa shape index (κ3) is 4.80. The van der Waals surface area contributed by atoms with Gasteiger partial charge in [-0.1, -0.05) is 74.5 Å². The van der Waals surface area contributed by atoms with E-state index < -0.39 is 21.3 Å². The summed E-state index contributed by atoms with van der Waals surface area (Å²) in [6, 6.07) is 22.5. The molecule has 4 bridgehead atoms. The first-order chi connectivity index (χ1) is 17.5. The maximum absolute atomic E-state index is 11.9. The van der Waals surface area contributed by atoms with Crippen LogP contribution in [0.1, 0.15) is 63.0 Å². The van der Waals surface area contributed by atoms with E-state index in [-0.39, 0.29) is 23.2 Å². The quantitative estimate of drug-likeness (QED) is 0.558. The van der Waals surface area contributed by atoms with Gasteiger partial charge in [0.2, 0.25) is 0 Å². The van der Waals surface area contributed by atoms with Gasteiger partial charge < -0.3 is 5.73 Å². The fourth-order valence-corrected chi connectivity index (χ4v) is 9.18. The van der Waals surface area contributed by atoms with E-state index in [1.165, 1.54) is 37.1 Å². The highest BCUT2D eigenvalue weighted by Crippen LogP contribution is 2.64. The zero-order valence-corrected chi connectivity index (χ0v) is 22.7. The minimum atomic E-state index is -4.08. The van der Waals surface area contributed by atoms with Crippen molar-refractivity contribution in [1.29, 1.82) is 0 Å². The van der Waals surface area contributed by atoms with E-state index in [1.807, 2.05) is 13.8 Å². The second-order valence-corrected chi connectivity index (χ2v) is 13.6. The highest BCUT2D eigenvalue weighted by atomic mass is 32.2. The third-order valence-electron chi connectivity index (χ3n) is 10.2. The van der Waals surface area contributed by atoms with Crippen molar-refractivity contribution in [1.82, 2.24) is 4.90 Å². The molecule has 0 spiro atoms. The van der Waals surface area contributed by atoms with Gasteiger partial charge in [0.1, 0.15) is 5.78 Å². The number of nitrogens with two attached hydrogens (primary N) is 1. The van der Waals surface area contributed by atoms with Crippen molar-refractivity contribution in [2.75, 3.05) is 18.8 Å². The second kappa shape index (κ2) is 9.92. The number of hydrogen-bond donors (Lipinski definition) is 2. The standard InChI is InChI=1S/C20H24N2.C10H16O4S/c21-19-17-11-13-22(14-12-17)20(19)18(15-7-3-1-4-8-15)16-9-5-2-6-10-16;1-9(2)7-3-4-10(9,8(11)5-7)6-15(12,13)14/h1-10,17-20H,11-14,21H2;7H,3-6H2,1-2H3,(H,12,13,14)/t19-,20-;7?,10-/m00/s1. The topological polar surface area (TPSA) is 101 Å². The number of carbonyl (C=O) groups is 1. The number of rotatable bonds is 5. The summed E-state index contributed by atoms with van der Waals surface area (Å²) >= 11 is 0. The van der Waals surface area contributed by atoms with Crippen LogP contribution < -0.4 is 5.73 Å². The molecule has 3 N–H and O–H groups in total. The molecular formula is C30H40N2O4S. The summed E-state index contributed by atoms with van der Waals surface area (Å²) < 4.78 is 31.0. The van der Waals surface area contributed by atoms with Gasteiger partial charge in [-0.3, -0.25) is 14.2 Å². The van der Waals surface area contributed by atoms with Crippen LogP contribution in [-0.2, 0) is 14.9 Å². The summed E-state index contributed by atoms with van der Waals surface area (Å²) in [6.45, 7) is 6.31. The van der Waals surface area contributed by atoms with Gasteiger partial charge in [0, 0.05) is 24.4 Å². The predicted molar refractivity (Wildman–Crippen MR) is 146 cm³/mol. The molecular weight excluding hydrogens is 484 g/mol. The number of piperidine rings is 3. The Bertz CT molecular complexity index is 1170. The fourth-order valence-electron chi connectivity index (χ4n) is 7.88. The lowest BCUT2D eigenvalue weighted by Gasteiger charge is -2.52. The van der Waals surface area contributed by atoms with E-state index in [4.69, 9.17) is 10.3 Å². The Hall–Kier alpha value is -2.06. The molecule has 0 aromatic heterocycles. The normalized spacial score (nSPS) is 33.9. The highest BCUT2D eigenvalue weighted by Gasteiger charge is 2.65. The molecule has 7 rings (SSSR count). The zero-order chi connectivity index (χ0) is 26.4. The number of carbonyl (C=O) groups excluding carboxylic acids is 1. The number of hydrogen-bond acceptors (Lipinski definition) is 5. The van der Waals surface area contributed by atoms with E-state index in [1.54, 1.807) is 0 Å². The van der Waals surface area contributed by atoms with Gasteiger partial charge >= 0.3 is 0 Å². The molecule has 0 amide bonds. The van der Waals surface area contributed by atoms with Crippen LogP contribution in [0.4, 0.5) is 0 Å². The minimum Gasteiger partial charge on any atom is -0.326 e. The van der Waals surface area contributed by atoms with Crippen molar-refractivity contribution in [3.63, 3.8) is 0 Å². The minimum absolute atomic E-state index is 0.0152. The average molecular weight is 525 g/mol. The molecule has 37 heavy (non-hydrogen) atoms. The van der Waals surface area contributed by atoms with E-state index in [2.05, 4.69) is 65.6 Å². The number of Topliss-reactive ketones (excluding diaryl/α,β-unsaturated/α-hetero) is 1. The second-order valence-electron chi connectivity index (χ2n) is 12.1. The molecule has 4 atom stereocenters. The number of ketones is 1. The summed E-state index contributed by atoms with van der Waals surface area (Å²) in [5.41, 5.74) is 8.36. The lowest BCUT2D eigenvalue weighted by atomic mass is 9.70. The van der Waals surface area contributed by atoms with E-state index in [0.717, 1.165) is 6.42 Å². The van der Waals surface area contributed by atoms with Crippen LogP contribution in [0.2, 0.25) is 0 Å². The molecule has 7 heteroatoms. The summed E-state index contributed by atoms with van der Waals surface area (Å²) in [5, 5.41) is 0. The van der Waals surface area contributed by atoms with Crippen molar-refractivity contribution in [2.45, 2.75) is 64.0 Å². The summed E-state index contributed by atoms with van der Waals surface area (Å²) in [7, 11) is -4.08. The van der Waals surface area contributed by atoms with E-state index >= 15 is 0 Å². The van der Waals surface area contributed by atoms with Gasteiger partial charge in [0.25, 0.3) is 10.1 Å². The van der Waals surface area contributed by atoms with Gasteiger partial charge in [-0.25, -0.2) is 0 Å². The van der Waals surface area contributed by atoms with Crippen molar-refractivity contribution < 1.29 is 17.8 Å².